The van der Waals surface area contributed by atoms with Crippen LogP contribution in [0.2, 0.25) is 0 Å². The first-order chi connectivity index (χ1) is 10.3. The highest BCUT2D eigenvalue weighted by molar-refractivity contribution is 5.87. The van der Waals surface area contributed by atoms with Gasteiger partial charge in [0, 0.05) is 19.2 Å². The maximum atomic E-state index is 5.49. The molecule has 0 amide bonds. The molecular formula is C15H17N5O. The van der Waals surface area contributed by atoms with E-state index in [4.69, 9.17) is 4.74 Å². The van der Waals surface area contributed by atoms with Crippen LogP contribution in [0.1, 0.15) is 5.56 Å². The Hall–Kier alpha value is -2.63. The van der Waals surface area contributed by atoms with Crippen molar-refractivity contribution in [2.75, 3.05) is 19.0 Å². The normalized spacial score (nSPS) is 10.8. The number of methoxy groups -OCH3 is 1. The third-order valence-corrected chi connectivity index (χ3v) is 3.50. The van der Waals surface area contributed by atoms with Crippen molar-refractivity contribution in [3.8, 4) is 5.75 Å². The Bertz CT molecular complexity index is 753. The number of aromatic nitrogens is 4. The number of nitrogens with one attached hydrogen (secondary N) is 1. The first-order valence-electron chi connectivity index (χ1n) is 6.80. The molecule has 108 valence electrons. The van der Waals surface area contributed by atoms with Crippen molar-refractivity contribution in [1.29, 1.82) is 0 Å². The van der Waals surface area contributed by atoms with Crippen molar-refractivity contribution in [2.45, 2.75) is 6.42 Å². The number of nitrogens with zero attached hydrogens (tertiary/aromatic N) is 4. The van der Waals surface area contributed by atoms with Crippen LogP contribution in [0, 0.1) is 0 Å². The van der Waals surface area contributed by atoms with Crippen LogP contribution >= 0.6 is 0 Å². The Balaban J connectivity index is 1.83. The maximum absolute atomic E-state index is 5.49. The van der Waals surface area contributed by atoms with E-state index in [1.807, 2.05) is 18.2 Å². The summed E-state index contributed by atoms with van der Waals surface area (Å²) in [4.78, 5) is 0. The minimum absolute atomic E-state index is 0.661. The minimum Gasteiger partial charge on any atom is -0.496 e. The predicted molar refractivity (Wildman–Crippen MR) is 81.5 cm³/mol. The molecule has 0 spiro atoms. The number of fused-ring (bicyclic) bond motifs is 1. The highest BCUT2D eigenvalue weighted by Crippen LogP contribution is 2.28. The molecule has 0 fully saturated rings. The van der Waals surface area contributed by atoms with Gasteiger partial charge in [-0.1, -0.05) is 35.4 Å². The molecule has 21 heavy (non-hydrogen) atoms. The van der Waals surface area contributed by atoms with Crippen LogP contribution < -0.4 is 10.1 Å². The molecule has 0 aliphatic carbocycles. The Morgan fingerprint density at radius 1 is 1.19 bits per heavy atom. The monoisotopic (exact) mass is 283 g/mol. The van der Waals surface area contributed by atoms with Crippen LogP contribution in [0.25, 0.3) is 10.8 Å². The molecule has 0 bridgehead atoms. The smallest absolute Gasteiger partial charge is 0.242 e. The number of benzene rings is 2. The van der Waals surface area contributed by atoms with Crippen molar-refractivity contribution in [1.82, 2.24) is 20.2 Å². The summed E-state index contributed by atoms with van der Waals surface area (Å²) in [5, 5.41) is 17.0. The summed E-state index contributed by atoms with van der Waals surface area (Å²) < 4.78 is 7.10. The molecule has 1 aromatic heterocycles. The number of ether oxygens (including phenoxy) is 1. The molecule has 0 unspecified atom stereocenters. The Kier molecular flexibility index (Phi) is 3.68. The number of rotatable bonds is 5. The van der Waals surface area contributed by atoms with E-state index in [9.17, 15) is 0 Å². The van der Waals surface area contributed by atoms with E-state index >= 15 is 0 Å². The van der Waals surface area contributed by atoms with Gasteiger partial charge in [-0.05, 0) is 33.7 Å². The lowest BCUT2D eigenvalue weighted by Gasteiger charge is -2.12. The molecule has 1 heterocycles. The lowest BCUT2D eigenvalue weighted by molar-refractivity contribution is 0.411. The van der Waals surface area contributed by atoms with Gasteiger partial charge in [0.1, 0.15) is 5.75 Å². The van der Waals surface area contributed by atoms with Gasteiger partial charge in [0.25, 0.3) is 0 Å². The van der Waals surface area contributed by atoms with E-state index in [-0.39, 0.29) is 0 Å². The fourth-order valence-corrected chi connectivity index (χ4v) is 2.44. The van der Waals surface area contributed by atoms with Gasteiger partial charge in [-0.3, -0.25) is 0 Å². The van der Waals surface area contributed by atoms with Crippen LogP contribution in [0.4, 0.5) is 5.95 Å². The van der Waals surface area contributed by atoms with Crippen molar-refractivity contribution < 1.29 is 4.74 Å². The van der Waals surface area contributed by atoms with Crippen LogP contribution in [0.5, 0.6) is 5.75 Å². The topological polar surface area (TPSA) is 64.9 Å². The molecule has 0 saturated carbocycles. The van der Waals surface area contributed by atoms with E-state index < -0.39 is 0 Å². The van der Waals surface area contributed by atoms with Gasteiger partial charge in [-0.2, -0.15) is 0 Å². The molecule has 2 aromatic carbocycles. The quantitative estimate of drug-likeness (QED) is 0.776. The molecular weight excluding hydrogens is 266 g/mol. The standard InChI is InChI=1S/C15H17N5O/c1-20-15(17-18-19-20)16-10-9-13-12-6-4-3-5-11(12)7-8-14(13)21-2/h3-8H,9-10H2,1-2H3,(H,16,17,19). The summed E-state index contributed by atoms with van der Waals surface area (Å²) in [5.41, 5.74) is 1.19. The van der Waals surface area contributed by atoms with Gasteiger partial charge in [0.15, 0.2) is 0 Å². The molecule has 3 rings (SSSR count). The number of anilines is 1. The largest absolute Gasteiger partial charge is 0.496 e. The van der Waals surface area contributed by atoms with Crippen molar-refractivity contribution >= 4 is 16.7 Å². The molecule has 3 aromatic rings. The maximum Gasteiger partial charge on any atom is 0.242 e. The SMILES string of the molecule is COc1ccc2ccccc2c1CCNc1nnnn1C. The molecule has 6 nitrogen and oxygen atoms in total. The summed E-state index contributed by atoms with van der Waals surface area (Å²) in [6, 6.07) is 12.4. The van der Waals surface area contributed by atoms with Gasteiger partial charge in [-0.15, -0.1) is 0 Å². The van der Waals surface area contributed by atoms with E-state index in [0.717, 1.165) is 18.7 Å². The highest BCUT2D eigenvalue weighted by Gasteiger charge is 2.08. The summed E-state index contributed by atoms with van der Waals surface area (Å²) in [7, 11) is 3.51. The number of hydrogen-bond donors (Lipinski definition) is 1. The third kappa shape index (κ3) is 2.65. The molecule has 0 aliphatic rings. The lowest BCUT2D eigenvalue weighted by Crippen LogP contribution is -2.10. The fraction of sp³-hybridized carbons (Fsp3) is 0.267. The second-order valence-electron chi connectivity index (χ2n) is 4.77. The average molecular weight is 283 g/mol. The molecule has 1 N–H and O–H groups in total. The molecule has 6 heteroatoms. The van der Waals surface area contributed by atoms with E-state index in [0.29, 0.717) is 5.95 Å². The van der Waals surface area contributed by atoms with E-state index in [2.05, 4.69) is 39.0 Å². The summed E-state index contributed by atoms with van der Waals surface area (Å²) >= 11 is 0. The molecule has 0 atom stereocenters. The van der Waals surface area contributed by atoms with Crippen LogP contribution in [-0.4, -0.2) is 33.9 Å². The van der Waals surface area contributed by atoms with Gasteiger partial charge >= 0.3 is 0 Å². The highest BCUT2D eigenvalue weighted by atomic mass is 16.5. The zero-order chi connectivity index (χ0) is 14.7. The zero-order valence-corrected chi connectivity index (χ0v) is 12.1. The number of tetrazole rings is 1. The van der Waals surface area contributed by atoms with Gasteiger partial charge in [0.2, 0.25) is 5.95 Å². The van der Waals surface area contributed by atoms with Crippen LogP contribution in [0.3, 0.4) is 0 Å². The Morgan fingerprint density at radius 2 is 2.05 bits per heavy atom. The molecule has 0 radical (unpaired) electrons. The molecule has 0 saturated heterocycles. The molecule has 0 aliphatic heterocycles. The van der Waals surface area contributed by atoms with Crippen LogP contribution in [0.15, 0.2) is 36.4 Å². The fourth-order valence-electron chi connectivity index (χ4n) is 2.44. The van der Waals surface area contributed by atoms with E-state index in [1.165, 1.54) is 16.3 Å². The number of hydrogen-bond acceptors (Lipinski definition) is 5. The predicted octanol–water partition coefficient (Wildman–Crippen LogP) is 2.03. The van der Waals surface area contributed by atoms with Gasteiger partial charge in [0.05, 0.1) is 7.11 Å². The Labute approximate surface area is 122 Å². The zero-order valence-electron chi connectivity index (χ0n) is 12.1. The first kappa shape index (κ1) is 13.4. The van der Waals surface area contributed by atoms with Gasteiger partial charge in [-0.25, -0.2) is 4.68 Å². The van der Waals surface area contributed by atoms with Crippen molar-refractivity contribution in [3.05, 3.63) is 42.0 Å². The minimum atomic E-state index is 0.661. The lowest BCUT2D eigenvalue weighted by atomic mass is 10.0. The summed E-state index contributed by atoms with van der Waals surface area (Å²) in [6.07, 6.45) is 0.831. The van der Waals surface area contributed by atoms with Crippen molar-refractivity contribution in [2.24, 2.45) is 7.05 Å². The second kappa shape index (κ2) is 5.78. The first-order valence-corrected chi connectivity index (χ1v) is 6.80. The third-order valence-electron chi connectivity index (χ3n) is 3.50. The van der Waals surface area contributed by atoms with E-state index in [1.54, 1.807) is 18.8 Å². The van der Waals surface area contributed by atoms with Gasteiger partial charge < -0.3 is 10.1 Å². The summed E-state index contributed by atoms with van der Waals surface area (Å²) in [6.45, 7) is 0.735. The second-order valence-corrected chi connectivity index (χ2v) is 4.77. The average Bonchev–Trinajstić information content (AvgIpc) is 2.93. The number of aryl methyl sites for hydroxylation is 1. The summed E-state index contributed by atoms with van der Waals surface area (Å²) in [5.74, 6) is 1.57. The van der Waals surface area contributed by atoms with Crippen LogP contribution in [-0.2, 0) is 13.5 Å². The van der Waals surface area contributed by atoms with Crippen molar-refractivity contribution in [3.63, 3.8) is 0 Å². The Morgan fingerprint density at radius 3 is 2.81 bits per heavy atom.